The van der Waals surface area contributed by atoms with Crippen molar-refractivity contribution in [2.45, 2.75) is 43.8 Å². The molecule has 0 N–H and O–H groups in total. The van der Waals surface area contributed by atoms with Crippen molar-refractivity contribution in [1.82, 2.24) is 25.0 Å². The summed E-state index contributed by atoms with van der Waals surface area (Å²) in [5.74, 6) is 0.778. The minimum absolute atomic E-state index is 0.576. The third-order valence-electron chi connectivity index (χ3n) is 4.26. The number of nitrogens with zero attached hydrogens (tertiary/aromatic N) is 6. The maximum atomic E-state index is 9.63. The lowest BCUT2D eigenvalue weighted by Gasteiger charge is -2.09. The molecule has 2 aromatic heterocycles. The van der Waals surface area contributed by atoms with E-state index in [-0.39, 0.29) is 0 Å². The molecule has 3 aromatic rings. The molecule has 0 radical (unpaired) electrons. The summed E-state index contributed by atoms with van der Waals surface area (Å²) >= 11 is 1.33. The molecule has 26 heavy (non-hydrogen) atoms. The summed E-state index contributed by atoms with van der Waals surface area (Å²) in [6.45, 7) is 6.10. The van der Waals surface area contributed by atoms with Gasteiger partial charge in [-0.1, -0.05) is 43.7 Å². The van der Waals surface area contributed by atoms with Gasteiger partial charge in [-0.2, -0.15) is 10.4 Å². The van der Waals surface area contributed by atoms with Crippen LogP contribution in [0.15, 0.2) is 34.4 Å². The smallest absolute Gasteiger partial charge is 0.197 e. The predicted molar refractivity (Wildman–Crippen MR) is 101 cm³/mol. The van der Waals surface area contributed by atoms with E-state index < -0.39 is 0 Å². The molecule has 1 aromatic carbocycles. The van der Waals surface area contributed by atoms with E-state index in [2.05, 4.69) is 33.4 Å². The van der Waals surface area contributed by atoms with Crippen LogP contribution in [0.2, 0.25) is 0 Å². The van der Waals surface area contributed by atoms with Crippen LogP contribution in [-0.4, -0.2) is 25.0 Å². The molecule has 6 nitrogen and oxygen atoms in total. The Bertz CT molecular complexity index is 969. The van der Waals surface area contributed by atoms with Crippen LogP contribution in [0.5, 0.6) is 0 Å². The highest BCUT2D eigenvalue weighted by Crippen LogP contribution is 2.31. The van der Waals surface area contributed by atoms with Gasteiger partial charge in [0.2, 0.25) is 0 Å². The quantitative estimate of drug-likeness (QED) is 0.686. The minimum Gasteiger partial charge on any atom is -0.305 e. The van der Waals surface area contributed by atoms with Gasteiger partial charge in [0.15, 0.2) is 11.0 Å². The monoisotopic (exact) mass is 364 g/mol. The zero-order valence-corrected chi connectivity index (χ0v) is 16.1. The third kappa shape index (κ3) is 3.33. The summed E-state index contributed by atoms with van der Waals surface area (Å²) in [6.07, 6.45) is 1.51. The number of benzene rings is 1. The van der Waals surface area contributed by atoms with E-state index in [9.17, 15) is 5.26 Å². The first-order chi connectivity index (χ1) is 12.6. The first-order valence-electron chi connectivity index (χ1n) is 8.51. The molecule has 0 fully saturated rings. The van der Waals surface area contributed by atoms with Crippen molar-refractivity contribution >= 4 is 11.8 Å². The Hall–Kier alpha value is -2.72. The molecule has 0 aliphatic rings. The van der Waals surface area contributed by atoms with Crippen molar-refractivity contribution in [3.8, 4) is 17.5 Å². The van der Waals surface area contributed by atoms with Gasteiger partial charge < -0.3 is 4.57 Å². The number of aryl methyl sites for hydroxylation is 2. The van der Waals surface area contributed by atoms with E-state index in [1.807, 2.05) is 49.7 Å². The molecule has 0 aliphatic heterocycles. The fourth-order valence-corrected chi connectivity index (χ4v) is 3.62. The number of aromatic nitrogens is 5. The van der Waals surface area contributed by atoms with E-state index in [1.165, 1.54) is 17.3 Å². The molecule has 0 atom stereocenters. The molecule has 0 bridgehead atoms. The fourth-order valence-electron chi connectivity index (χ4n) is 2.79. The lowest BCUT2D eigenvalue weighted by atomic mass is 10.1. The van der Waals surface area contributed by atoms with Crippen molar-refractivity contribution in [2.75, 3.05) is 0 Å². The lowest BCUT2D eigenvalue weighted by molar-refractivity contribution is 0.781. The second kappa shape index (κ2) is 7.67. The molecule has 132 valence electrons. The van der Waals surface area contributed by atoms with Crippen LogP contribution in [0.3, 0.4) is 0 Å². The third-order valence-corrected chi connectivity index (χ3v) is 5.28. The van der Waals surface area contributed by atoms with Gasteiger partial charge in [-0.25, -0.2) is 0 Å². The Labute approximate surface area is 157 Å². The number of nitriles is 1. The predicted octanol–water partition coefficient (Wildman–Crippen LogP) is 3.73. The Kier molecular flexibility index (Phi) is 5.33. The summed E-state index contributed by atoms with van der Waals surface area (Å²) < 4.78 is 1.91. The maximum absolute atomic E-state index is 9.63. The number of rotatable bonds is 5. The van der Waals surface area contributed by atoms with Gasteiger partial charge >= 0.3 is 0 Å². The molecular formula is C19H20N6S. The van der Waals surface area contributed by atoms with Crippen LogP contribution < -0.4 is 0 Å². The Morgan fingerprint density at radius 2 is 1.77 bits per heavy atom. The molecule has 0 aliphatic carbocycles. The largest absolute Gasteiger partial charge is 0.305 e. The summed E-state index contributed by atoms with van der Waals surface area (Å²) in [5.41, 5.74) is 4.63. The highest BCUT2D eigenvalue weighted by molar-refractivity contribution is 7.99. The van der Waals surface area contributed by atoms with Gasteiger partial charge in [0.1, 0.15) is 11.1 Å². The molecule has 0 saturated heterocycles. The molecule has 2 heterocycles. The summed E-state index contributed by atoms with van der Waals surface area (Å²) in [5, 5.41) is 28.0. The van der Waals surface area contributed by atoms with Crippen molar-refractivity contribution in [2.24, 2.45) is 7.05 Å². The van der Waals surface area contributed by atoms with Crippen molar-refractivity contribution in [3.05, 3.63) is 46.6 Å². The van der Waals surface area contributed by atoms with Gasteiger partial charge in [-0.05, 0) is 37.1 Å². The zero-order chi connectivity index (χ0) is 18.7. The summed E-state index contributed by atoms with van der Waals surface area (Å²) in [4.78, 5) is 0. The average Bonchev–Trinajstić information content (AvgIpc) is 3.02. The van der Waals surface area contributed by atoms with E-state index >= 15 is 0 Å². The second-order valence-corrected chi connectivity index (χ2v) is 6.91. The van der Waals surface area contributed by atoms with Crippen LogP contribution in [0, 0.1) is 18.3 Å². The maximum Gasteiger partial charge on any atom is 0.197 e. The van der Waals surface area contributed by atoms with Gasteiger partial charge in [-0.3, -0.25) is 0 Å². The number of hydrogen-bond acceptors (Lipinski definition) is 6. The van der Waals surface area contributed by atoms with Crippen LogP contribution in [0.25, 0.3) is 11.4 Å². The first kappa shape index (κ1) is 18.1. The SMILES string of the molecule is CCc1nnc(Sc2nnc(-c3ccc(C)cc3)n2C)c(C#N)c1CC. The first-order valence-corrected chi connectivity index (χ1v) is 9.33. The van der Waals surface area contributed by atoms with E-state index in [1.54, 1.807) is 0 Å². The van der Waals surface area contributed by atoms with E-state index in [0.29, 0.717) is 15.7 Å². The summed E-state index contributed by atoms with van der Waals surface area (Å²) in [7, 11) is 1.91. The minimum atomic E-state index is 0.576. The molecule has 0 unspecified atom stereocenters. The van der Waals surface area contributed by atoms with E-state index in [4.69, 9.17) is 0 Å². The molecule has 0 spiro atoms. The van der Waals surface area contributed by atoms with Crippen molar-refractivity contribution < 1.29 is 0 Å². The highest BCUT2D eigenvalue weighted by atomic mass is 32.2. The topological polar surface area (TPSA) is 80.3 Å². The Morgan fingerprint density at radius 3 is 2.38 bits per heavy atom. The molecule has 0 saturated carbocycles. The van der Waals surface area contributed by atoms with Crippen LogP contribution >= 0.6 is 11.8 Å². The molecular weight excluding hydrogens is 344 g/mol. The molecule has 0 amide bonds. The van der Waals surface area contributed by atoms with Gasteiger partial charge in [0.25, 0.3) is 0 Å². The van der Waals surface area contributed by atoms with Gasteiger partial charge in [-0.15, -0.1) is 15.3 Å². The van der Waals surface area contributed by atoms with Crippen LogP contribution in [-0.2, 0) is 19.9 Å². The number of hydrogen-bond donors (Lipinski definition) is 0. The zero-order valence-electron chi connectivity index (χ0n) is 15.3. The van der Waals surface area contributed by atoms with Gasteiger partial charge in [0.05, 0.1) is 11.3 Å². The van der Waals surface area contributed by atoms with Crippen LogP contribution in [0.4, 0.5) is 0 Å². The fraction of sp³-hybridized carbons (Fsp3) is 0.316. The Balaban J connectivity index is 1.98. The Morgan fingerprint density at radius 1 is 1.04 bits per heavy atom. The van der Waals surface area contributed by atoms with Gasteiger partial charge in [0, 0.05) is 12.6 Å². The summed E-state index contributed by atoms with van der Waals surface area (Å²) in [6, 6.07) is 10.4. The standard InChI is InChI=1S/C19H20N6S/c1-5-14-15(11-20)18(23-21-16(14)6-2)26-19-24-22-17(25(19)4)13-9-7-12(3)8-10-13/h7-10H,5-6H2,1-4H3. The van der Waals surface area contributed by atoms with E-state index in [0.717, 1.165) is 35.5 Å². The molecule has 3 rings (SSSR count). The van der Waals surface area contributed by atoms with Crippen molar-refractivity contribution in [1.29, 1.82) is 5.26 Å². The highest BCUT2D eigenvalue weighted by Gasteiger charge is 2.19. The normalized spacial score (nSPS) is 10.7. The second-order valence-electron chi connectivity index (χ2n) is 5.96. The average molecular weight is 364 g/mol. The van der Waals surface area contributed by atoms with Crippen LogP contribution in [0.1, 0.15) is 36.2 Å². The molecule has 7 heteroatoms. The van der Waals surface area contributed by atoms with Crippen molar-refractivity contribution in [3.63, 3.8) is 0 Å². The lowest BCUT2D eigenvalue weighted by Crippen LogP contribution is -2.05.